The van der Waals surface area contributed by atoms with Gasteiger partial charge in [0.05, 0.1) is 53.8 Å². The van der Waals surface area contributed by atoms with Crippen molar-refractivity contribution < 1.29 is 9.59 Å². The Kier molecular flexibility index (Phi) is 5.31. The summed E-state index contributed by atoms with van der Waals surface area (Å²) in [5, 5.41) is 23.2. The number of benzene rings is 1. The standard InChI is InChI=1S/C24H19N7O2S/c1-14-4-5-17(15(8-14)10-26)20-9-18-22(34-20)23(32)31(24(33)30(18)7-3-6-25)19-13-27-11-16-12-28-29(2)21(16)19/h4-5,8-9,11-13,18,22H,3,7H2,1-2H3. The fourth-order valence-corrected chi connectivity index (χ4v) is 5.81. The molecule has 0 radical (unpaired) electrons. The quantitative estimate of drug-likeness (QED) is 0.575. The summed E-state index contributed by atoms with van der Waals surface area (Å²) in [6.45, 7) is 2.09. The number of pyridine rings is 1. The monoisotopic (exact) mass is 469 g/mol. The molecule has 2 aliphatic heterocycles. The Morgan fingerprint density at radius 2 is 2.00 bits per heavy atom. The lowest BCUT2D eigenvalue weighted by Crippen LogP contribution is -2.62. The van der Waals surface area contributed by atoms with Gasteiger partial charge in [-0.25, -0.2) is 9.69 Å². The van der Waals surface area contributed by atoms with E-state index in [1.807, 2.05) is 25.1 Å². The number of fused-ring (bicyclic) bond motifs is 2. The Hall–Kier alpha value is -4.15. The summed E-state index contributed by atoms with van der Waals surface area (Å²) in [4.78, 5) is 35.1. The summed E-state index contributed by atoms with van der Waals surface area (Å²) in [6, 6.07) is 8.89. The molecule has 0 saturated carbocycles. The van der Waals surface area contributed by atoms with Gasteiger partial charge >= 0.3 is 6.03 Å². The maximum atomic E-state index is 13.7. The maximum Gasteiger partial charge on any atom is 0.332 e. The summed E-state index contributed by atoms with van der Waals surface area (Å²) in [6.07, 6.45) is 6.75. The van der Waals surface area contributed by atoms with Gasteiger partial charge in [0, 0.05) is 35.6 Å². The van der Waals surface area contributed by atoms with E-state index < -0.39 is 17.3 Å². The zero-order chi connectivity index (χ0) is 24.0. The average Bonchev–Trinajstić information content (AvgIpc) is 3.44. The van der Waals surface area contributed by atoms with Crippen molar-refractivity contribution >= 4 is 45.2 Å². The number of carbonyl (C=O) groups is 2. The number of carbonyl (C=O) groups excluding carboxylic acids is 2. The molecular weight excluding hydrogens is 450 g/mol. The minimum atomic E-state index is -0.609. The molecule has 2 aliphatic rings. The molecule has 0 N–H and O–H groups in total. The van der Waals surface area contributed by atoms with E-state index in [9.17, 15) is 20.1 Å². The van der Waals surface area contributed by atoms with E-state index in [1.54, 1.807) is 35.1 Å². The normalized spacial score (nSPS) is 19.7. The van der Waals surface area contributed by atoms with Crippen LogP contribution in [0, 0.1) is 29.6 Å². The lowest BCUT2D eigenvalue weighted by Gasteiger charge is -2.40. The molecule has 2 aromatic heterocycles. The third-order valence-electron chi connectivity index (χ3n) is 6.03. The Labute approximate surface area is 199 Å². The minimum Gasteiger partial charge on any atom is -0.315 e. The number of nitriles is 2. The Balaban J connectivity index is 1.60. The lowest BCUT2D eigenvalue weighted by atomic mass is 10.0. The molecule has 2 atom stereocenters. The van der Waals surface area contributed by atoms with Gasteiger partial charge in [-0.2, -0.15) is 15.6 Å². The van der Waals surface area contributed by atoms with E-state index in [0.717, 1.165) is 20.9 Å². The predicted octanol–water partition coefficient (Wildman–Crippen LogP) is 3.36. The molecule has 1 saturated heterocycles. The van der Waals surface area contributed by atoms with E-state index in [4.69, 9.17) is 0 Å². The SMILES string of the molecule is Cc1ccc(C2=CC3C(S2)C(=O)N(c2cncc4cnn(C)c24)C(=O)N3CCC#N)c(C#N)c1. The van der Waals surface area contributed by atoms with Gasteiger partial charge in [-0.05, 0) is 24.6 Å². The van der Waals surface area contributed by atoms with Gasteiger partial charge in [-0.1, -0.05) is 12.1 Å². The number of nitrogens with zero attached hydrogens (tertiary/aromatic N) is 7. The first-order valence-corrected chi connectivity index (χ1v) is 11.5. The van der Waals surface area contributed by atoms with E-state index in [0.29, 0.717) is 22.2 Å². The first-order valence-electron chi connectivity index (χ1n) is 10.6. The van der Waals surface area contributed by atoms with E-state index >= 15 is 0 Å². The molecule has 1 aromatic carbocycles. The highest BCUT2D eigenvalue weighted by Crippen LogP contribution is 2.46. The molecule has 3 amide bonds. The van der Waals surface area contributed by atoms with Crippen LogP contribution in [0.3, 0.4) is 0 Å². The van der Waals surface area contributed by atoms with Crippen molar-refractivity contribution in [2.75, 3.05) is 11.4 Å². The Morgan fingerprint density at radius 3 is 2.76 bits per heavy atom. The van der Waals surface area contributed by atoms with Crippen LogP contribution in [0.5, 0.6) is 0 Å². The first-order chi connectivity index (χ1) is 16.4. The number of thioether (sulfide) groups is 1. The summed E-state index contributed by atoms with van der Waals surface area (Å²) in [5.41, 5.74) is 3.19. The van der Waals surface area contributed by atoms with Crippen LogP contribution >= 0.6 is 11.8 Å². The highest BCUT2D eigenvalue weighted by atomic mass is 32.2. The molecule has 3 aromatic rings. The fraction of sp³-hybridized carbons (Fsp3) is 0.250. The second kappa shape index (κ2) is 8.32. The van der Waals surface area contributed by atoms with Crippen LogP contribution in [0.25, 0.3) is 15.8 Å². The average molecular weight is 470 g/mol. The molecule has 5 rings (SSSR count). The minimum absolute atomic E-state index is 0.132. The number of amides is 3. The molecular formula is C24H19N7O2S. The summed E-state index contributed by atoms with van der Waals surface area (Å²) < 4.78 is 1.61. The van der Waals surface area contributed by atoms with Crippen LogP contribution in [0.15, 0.2) is 42.9 Å². The molecule has 9 nitrogen and oxygen atoms in total. The fourth-order valence-electron chi connectivity index (χ4n) is 4.45. The van der Waals surface area contributed by atoms with Crippen molar-refractivity contribution in [2.24, 2.45) is 7.05 Å². The predicted molar refractivity (Wildman–Crippen MR) is 127 cm³/mol. The summed E-state index contributed by atoms with van der Waals surface area (Å²) in [7, 11) is 1.74. The van der Waals surface area contributed by atoms with Crippen molar-refractivity contribution in [3.05, 3.63) is 59.6 Å². The van der Waals surface area contributed by atoms with Crippen LogP contribution in [-0.4, -0.2) is 49.4 Å². The number of aromatic nitrogens is 3. The number of imide groups is 1. The third kappa shape index (κ3) is 3.31. The smallest absolute Gasteiger partial charge is 0.315 e. The number of rotatable bonds is 4. The summed E-state index contributed by atoms with van der Waals surface area (Å²) >= 11 is 1.34. The van der Waals surface area contributed by atoms with Crippen LogP contribution in [0.4, 0.5) is 10.5 Å². The van der Waals surface area contributed by atoms with Gasteiger partial charge < -0.3 is 4.90 Å². The molecule has 1 fully saturated rings. The number of aryl methyl sites for hydroxylation is 2. The molecule has 10 heteroatoms. The zero-order valence-electron chi connectivity index (χ0n) is 18.5. The van der Waals surface area contributed by atoms with Crippen LogP contribution in [0.1, 0.15) is 23.1 Å². The van der Waals surface area contributed by atoms with Crippen molar-refractivity contribution in [1.29, 1.82) is 10.5 Å². The second-order valence-electron chi connectivity index (χ2n) is 8.14. The molecule has 0 spiro atoms. The largest absolute Gasteiger partial charge is 0.332 e. The third-order valence-corrected chi connectivity index (χ3v) is 7.38. The van der Waals surface area contributed by atoms with Crippen molar-refractivity contribution in [3.63, 3.8) is 0 Å². The Bertz CT molecular complexity index is 1460. The molecule has 0 aliphatic carbocycles. The van der Waals surface area contributed by atoms with Gasteiger partial charge in [0.1, 0.15) is 5.25 Å². The molecule has 168 valence electrons. The zero-order valence-corrected chi connectivity index (χ0v) is 19.3. The van der Waals surface area contributed by atoms with E-state index in [-0.39, 0.29) is 18.9 Å². The van der Waals surface area contributed by atoms with Crippen molar-refractivity contribution in [2.45, 2.75) is 24.6 Å². The topological polar surface area (TPSA) is 119 Å². The second-order valence-corrected chi connectivity index (χ2v) is 9.33. The number of anilines is 1. The van der Waals surface area contributed by atoms with E-state index in [2.05, 4.69) is 22.2 Å². The van der Waals surface area contributed by atoms with Crippen molar-refractivity contribution in [1.82, 2.24) is 19.7 Å². The van der Waals surface area contributed by atoms with Gasteiger partial charge in [-0.15, -0.1) is 11.8 Å². The molecule has 34 heavy (non-hydrogen) atoms. The number of urea groups is 1. The van der Waals surface area contributed by atoms with Gasteiger partial charge in [0.2, 0.25) is 0 Å². The van der Waals surface area contributed by atoms with E-state index in [1.165, 1.54) is 18.0 Å². The van der Waals surface area contributed by atoms with Crippen LogP contribution in [-0.2, 0) is 11.8 Å². The molecule has 4 heterocycles. The summed E-state index contributed by atoms with van der Waals surface area (Å²) in [5.74, 6) is -0.361. The first kappa shape index (κ1) is 21.7. The Morgan fingerprint density at radius 1 is 1.18 bits per heavy atom. The number of hydrogen-bond donors (Lipinski definition) is 0. The number of hydrogen-bond acceptors (Lipinski definition) is 7. The van der Waals surface area contributed by atoms with Crippen molar-refractivity contribution in [3.8, 4) is 12.1 Å². The van der Waals surface area contributed by atoms with Crippen LogP contribution < -0.4 is 4.90 Å². The maximum absolute atomic E-state index is 13.7. The highest BCUT2D eigenvalue weighted by Gasteiger charge is 2.50. The van der Waals surface area contributed by atoms with Gasteiger partial charge in [0.15, 0.2) is 0 Å². The van der Waals surface area contributed by atoms with Gasteiger partial charge in [0.25, 0.3) is 5.91 Å². The highest BCUT2D eigenvalue weighted by molar-refractivity contribution is 8.09. The van der Waals surface area contributed by atoms with Gasteiger partial charge in [-0.3, -0.25) is 14.5 Å². The lowest BCUT2D eigenvalue weighted by molar-refractivity contribution is -0.119. The molecule has 0 bridgehead atoms. The van der Waals surface area contributed by atoms with Crippen LogP contribution in [0.2, 0.25) is 0 Å². The molecule has 2 unspecified atom stereocenters.